The fourth-order valence-electron chi connectivity index (χ4n) is 3.89. The summed E-state index contributed by atoms with van der Waals surface area (Å²) in [6.07, 6.45) is 0.898. The zero-order valence-corrected chi connectivity index (χ0v) is 15.5. The van der Waals surface area contributed by atoms with E-state index in [1.54, 1.807) is 18.2 Å². The van der Waals surface area contributed by atoms with E-state index in [0.717, 1.165) is 34.5 Å². The van der Waals surface area contributed by atoms with Gasteiger partial charge in [-0.1, -0.05) is 12.1 Å². The number of hydrogen-bond acceptors (Lipinski definition) is 3. The smallest absolute Gasteiger partial charge is 0.341 e. The fraction of sp³-hybridized carbons (Fsp3) is 0.238. The topological polar surface area (TPSA) is 62.5 Å². The first-order valence-corrected chi connectivity index (χ1v) is 8.97. The molecule has 29 heavy (non-hydrogen) atoms. The average molecular weight is 402 g/mol. The Bertz CT molecular complexity index is 1220. The zero-order valence-electron chi connectivity index (χ0n) is 15.5. The molecule has 0 aliphatic carbocycles. The van der Waals surface area contributed by atoms with Gasteiger partial charge in [-0.15, -0.1) is 0 Å². The van der Waals surface area contributed by atoms with Crippen LogP contribution >= 0.6 is 0 Å². The van der Waals surface area contributed by atoms with Crippen LogP contribution in [0.5, 0.6) is 0 Å². The maximum Gasteiger partial charge on any atom is 0.341 e. The van der Waals surface area contributed by atoms with Crippen molar-refractivity contribution in [1.82, 2.24) is 9.47 Å². The fourth-order valence-corrected chi connectivity index (χ4v) is 3.89. The molecule has 0 unspecified atom stereocenters. The van der Waals surface area contributed by atoms with Crippen molar-refractivity contribution in [3.63, 3.8) is 0 Å². The van der Waals surface area contributed by atoms with Crippen LogP contribution in [0.2, 0.25) is 0 Å². The molecule has 0 bridgehead atoms. The number of fused-ring (bicyclic) bond motifs is 2. The number of halogens is 3. The van der Waals surface area contributed by atoms with E-state index < -0.39 is 40.7 Å². The molecule has 5 nitrogen and oxygen atoms in total. The van der Waals surface area contributed by atoms with Crippen molar-refractivity contribution in [1.29, 1.82) is 0 Å². The quantitative estimate of drug-likeness (QED) is 0.725. The van der Waals surface area contributed by atoms with Crippen LogP contribution in [0.1, 0.15) is 21.5 Å². The summed E-state index contributed by atoms with van der Waals surface area (Å²) in [5.74, 6) is -3.54. The van der Waals surface area contributed by atoms with E-state index in [9.17, 15) is 23.5 Å². The highest BCUT2D eigenvalue weighted by atomic mass is 19.1. The van der Waals surface area contributed by atoms with Crippen LogP contribution < -0.4 is 5.43 Å². The number of carboxylic acids is 1. The van der Waals surface area contributed by atoms with Gasteiger partial charge in [0.05, 0.1) is 23.0 Å². The van der Waals surface area contributed by atoms with Gasteiger partial charge < -0.3 is 9.67 Å². The van der Waals surface area contributed by atoms with Crippen molar-refractivity contribution in [2.75, 3.05) is 13.7 Å². The molecule has 0 radical (unpaired) electrons. The van der Waals surface area contributed by atoms with Crippen molar-refractivity contribution >= 4 is 16.9 Å². The van der Waals surface area contributed by atoms with Crippen molar-refractivity contribution < 1.29 is 23.1 Å². The number of rotatable bonds is 4. The van der Waals surface area contributed by atoms with Crippen LogP contribution in [0.15, 0.2) is 35.3 Å². The van der Waals surface area contributed by atoms with Crippen LogP contribution in [0.25, 0.3) is 22.0 Å². The lowest BCUT2D eigenvalue weighted by atomic mass is 9.97. The molecule has 1 aliphatic heterocycles. The Morgan fingerprint density at radius 1 is 1.17 bits per heavy atom. The lowest BCUT2D eigenvalue weighted by molar-refractivity contribution is 0.0694. The summed E-state index contributed by atoms with van der Waals surface area (Å²) in [5.41, 5.74) is -0.000667. The zero-order chi connectivity index (χ0) is 20.9. The molecule has 150 valence electrons. The number of aromatic carboxylic acids is 1. The predicted molar refractivity (Wildman–Crippen MR) is 102 cm³/mol. The van der Waals surface area contributed by atoms with E-state index in [2.05, 4.69) is 4.90 Å². The molecule has 0 atom stereocenters. The van der Waals surface area contributed by atoms with E-state index in [4.69, 9.17) is 0 Å². The van der Waals surface area contributed by atoms with E-state index in [1.807, 2.05) is 7.05 Å². The highest BCUT2D eigenvalue weighted by molar-refractivity contribution is 5.94. The molecule has 0 amide bonds. The highest BCUT2D eigenvalue weighted by Gasteiger charge is 2.24. The molecule has 1 aromatic heterocycles. The van der Waals surface area contributed by atoms with Gasteiger partial charge in [0.1, 0.15) is 18.1 Å². The Balaban J connectivity index is 2.02. The molecule has 8 heteroatoms. The summed E-state index contributed by atoms with van der Waals surface area (Å²) in [6, 6.07) is 5.94. The minimum absolute atomic E-state index is 0.303. The highest BCUT2D eigenvalue weighted by Crippen LogP contribution is 2.34. The molecule has 0 spiro atoms. The van der Waals surface area contributed by atoms with Crippen LogP contribution in [0.4, 0.5) is 13.2 Å². The standard InChI is InChI=1S/C21H17F3N2O3/c1-25-8-12-3-2-11(6-13(12)9-25)17-16(23)7-14-19(18(17)24)26(5-4-22)10-15(20(14)27)21(28)29/h2-3,6-7,10H,4-5,8-9H2,1H3,(H,28,29). The van der Waals surface area contributed by atoms with Crippen molar-refractivity contribution in [2.24, 2.45) is 0 Å². The molecule has 2 aromatic carbocycles. The Morgan fingerprint density at radius 2 is 1.90 bits per heavy atom. The van der Waals surface area contributed by atoms with E-state index >= 15 is 4.39 Å². The van der Waals surface area contributed by atoms with Crippen molar-refractivity contribution in [3.8, 4) is 11.1 Å². The Hall–Kier alpha value is -3.13. The van der Waals surface area contributed by atoms with Gasteiger partial charge in [0, 0.05) is 19.3 Å². The number of benzene rings is 2. The van der Waals surface area contributed by atoms with Crippen molar-refractivity contribution in [2.45, 2.75) is 19.6 Å². The van der Waals surface area contributed by atoms with Gasteiger partial charge in [0.2, 0.25) is 5.43 Å². The van der Waals surface area contributed by atoms with E-state index in [-0.39, 0.29) is 17.6 Å². The van der Waals surface area contributed by atoms with Gasteiger partial charge in [-0.05, 0) is 35.9 Å². The summed E-state index contributed by atoms with van der Waals surface area (Å²) < 4.78 is 44.4. The van der Waals surface area contributed by atoms with Gasteiger partial charge in [0.25, 0.3) is 0 Å². The first-order valence-electron chi connectivity index (χ1n) is 8.97. The number of pyridine rings is 1. The molecule has 4 rings (SSSR count). The van der Waals surface area contributed by atoms with Gasteiger partial charge in [-0.25, -0.2) is 18.0 Å². The Labute approximate surface area is 163 Å². The maximum atomic E-state index is 15.5. The molecular weight excluding hydrogens is 385 g/mol. The first-order chi connectivity index (χ1) is 13.8. The molecule has 0 saturated heterocycles. The average Bonchev–Trinajstić information content (AvgIpc) is 3.03. The minimum atomic E-state index is -1.54. The number of nitrogens with zero attached hydrogens (tertiary/aromatic N) is 2. The number of carboxylic acid groups (broad SMARTS) is 1. The Kier molecular flexibility index (Phi) is 4.66. The number of aromatic nitrogens is 1. The summed E-state index contributed by atoms with van der Waals surface area (Å²) in [4.78, 5) is 25.8. The van der Waals surface area contributed by atoms with Gasteiger partial charge in [0.15, 0.2) is 5.82 Å². The summed E-state index contributed by atoms with van der Waals surface area (Å²) in [7, 11) is 1.94. The molecule has 0 fully saturated rings. The molecule has 1 N–H and O–H groups in total. The normalized spacial score (nSPS) is 13.8. The number of carbonyl (C=O) groups is 1. The second-order valence-corrected chi connectivity index (χ2v) is 7.16. The second-order valence-electron chi connectivity index (χ2n) is 7.16. The summed E-state index contributed by atoms with van der Waals surface area (Å²) >= 11 is 0. The lowest BCUT2D eigenvalue weighted by Gasteiger charge is -2.15. The predicted octanol–water partition coefficient (Wildman–Crippen LogP) is 3.56. The molecule has 0 saturated carbocycles. The second kappa shape index (κ2) is 7.04. The van der Waals surface area contributed by atoms with Crippen LogP contribution in [-0.4, -0.2) is 34.3 Å². The third-order valence-corrected chi connectivity index (χ3v) is 5.19. The third kappa shape index (κ3) is 3.09. The Morgan fingerprint density at radius 3 is 2.59 bits per heavy atom. The van der Waals surface area contributed by atoms with Crippen molar-refractivity contribution in [3.05, 3.63) is 69.0 Å². The third-order valence-electron chi connectivity index (χ3n) is 5.19. The lowest BCUT2D eigenvalue weighted by Crippen LogP contribution is -2.20. The van der Waals surface area contributed by atoms with Gasteiger partial charge in [-0.3, -0.25) is 9.69 Å². The SMILES string of the molecule is CN1Cc2ccc(-c3c(F)cc4c(=O)c(C(=O)O)cn(CCF)c4c3F)cc2C1. The van der Waals surface area contributed by atoms with Crippen LogP contribution in [0.3, 0.4) is 0 Å². The first kappa shape index (κ1) is 19.2. The largest absolute Gasteiger partial charge is 0.477 e. The van der Waals surface area contributed by atoms with Gasteiger partial charge >= 0.3 is 5.97 Å². The maximum absolute atomic E-state index is 15.5. The summed E-state index contributed by atoms with van der Waals surface area (Å²) in [6.45, 7) is 0.114. The number of aryl methyl sites for hydroxylation is 1. The number of hydrogen-bond donors (Lipinski definition) is 1. The monoisotopic (exact) mass is 402 g/mol. The molecule has 1 aliphatic rings. The molecule has 3 aromatic rings. The van der Waals surface area contributed by atoms with Gasteiger partial charge in [-0.2, -0.15) is 0 Å². The van der Waals surface area contributed by atoms with E-state index in [0.29, 0.717) is 12.1 Å². The summed E-state index contributed by atoms with van der Waals surface area (Å²) in [5, 5.41) is 8.77. The molecular formula is C21H17F3N2O3. The minimum Gasteiger partial charge on any atom is -0.477 e. The van der Waals surface area contributed by atoms with Crippen LogP contribution in [-0.2, 0) is 19.6 Å². The molecule has 2 heterocycles. The van der Waals surface area contributed by atoms with Crippen LogP contribution in [0, 0.1) is 11.6 Å². The number of alkyl halides is 1. The van der Waals surface area contributed by atoms with E-state index in [1.165, 1.54) is 0 Å².